The van der Waals surface area contributed by atoms with E-state index in [0.717, 1.165) is 30.2 Å². The molecule has 0 amide bonds. The number of hydrogen-bond acceptors (Lipinski definition) is 4. The van der Waals surface area contributed by atoms with Crippen LogP contribution in [-0.2, 0) is 0 Å². The summed E-state index contributed by atoms with van der Waals surface area (Å²) < 4.78 is 0. The molecule has 20 heavy (non-hydrogen) atoms. The van der Waals surface area contributed by atoms with E-state index in [1.165, 1.54) is 32.1 Å². The van der Waals surface area contributed by atoms with Gasteiger partial charge in [0.15, 0.2) is 0 Å². The minimum atomic E-state index is 0.219. The summed E-state index contributed by atoms with van der Waals surface area (Å²) in [5.74, 6) is 2.40. The lowest BCUT2D eigenvalue weighted by Crippen LogP contribution is -2.42. The molecule has 3 rings (SSSR count). The summed E-state index contributed by atoms with van der Waals surface area (Å²) in [4.78, 5) is 11.6. The maximum absolute atomic E-state index is 9.13. The predicted octanol–water partition coefficient (Wildman–Crippen LogP) is 3.06. The van der Waals surface area contributed by atoms with Gasteiger partial charge in [0.2, 0.25) is 0 Å². The van der Waals surface area contributed by atoms with Crippen LogP contribution in [0.5, 0.6) is 0 Å². The van der Waals surface area contributed by atoms with E-state index in [1.54, 1.807) is 0 Å². The smallest absolute Gasteiger partial charge is 0.137 e. The van der Waals surface area contributed by atoms with Crippen LogP contribution in [0.3, 0.4) is 0 Å². The van der Waals surface area contributed by atoms with Crippen LogP contribution in [0.15, 0.2) is 0 Å². The van der Waals surface area contributed by atoms with E-state index < -0.39 is 0 Å². The van der Waals surface area contributed by atoms with Crippen molar-refractivity contribution in [2.45, 2.75) is 57.4 Å². The Kier molecular flexibility index (Phi) is 4.13. The zero-order valence-electron chi connectivity index (χ0n) is 12.0. The SMILES string of the molecule is Cc1c(Cl)nc(C2CC2)nc1N(CCCO)C1CCC1. The molecular weight excluding hydrogens is 274 g/mol. The summed E-state index contributed by atoms with van der Waals surface area (Å²) >= 11 is 6.31. The van der Waals surface area contributed by atoms with Crippen molar-refractivity contribution >= 4 is 17.4 Å². The van der Waals surface area contributed by atoms with Crippen molar-refractivity contribution in [2.24, 2.45) is 0 Å². The molecule has 1 N–H and O–H groups in total. The number of aliphatic hydroxyl groups is 1. The van der Waals surface area contributed by atoms with Crippen LogP contribution >= 0.6 is 11.6 Å². The first-order valence-electron chi connectivity index (χ1n) is 7.62. The molecule has 0 spiro atoms. The molecule has 0 unspecified atom stereocenters. The standard InChI is InChI=1S/C15H22ClN3O/c1-10-13(16)17-14(11-6-7-11)18-15(10)19(8-3-9-20)12-4-2-5-12/h11-12,20H,2-9H2,1H3. The van der Waals surface area contributed by atoms with Crippen molar-refractivity contribution in [2.75, 3.05) is 18.1 Å². The normalized spacial score (nSPS) is 18.9. The predicted molar refractivity (Wildman–Crippen MR) is 80.4 cm³/mol. The molecule has 5 heteroatoms. The number of nitrogens with zero attached hydrogens (tertiary/aromatic N) is 3. The maximum atomic E-state index is 9.13. The van der Waals surface area contributed by atoms with E-state index in [9.17, 15) is 0 Å². The Morgan fingerprint density at radius 2 is 2.00 bits per heavy atom. The molecule has 110 valence electrons. The van der Waals surface area contributed by atoms with Crippen molar-refractivity contribution in [1.29, 1.82) is 0 Å². The minimum Gasteiger partial charge on any atom is -0.396 e. The quantitative estimate of drug-likeness (QED) is 0.820. The van der Waals surface area contributed by atoms with Gasteiger partial charge in [0.1, 0.15) is 16.8 Å². The van der Waals surface area contributed by atoms with Gasteiger partial charge in [0, 0.05) is 30.7 Å². The molecule has 2 aliphatic carbocycles. The number of anilines is 1. The fourth-order valence-corrected chi connectivity index (χ4v) is 2.87. The highest BCUT2D eigenvalue weighted by Gasteiger charge is 2.31. The molecule has 1 aromatic heterocycles. The lowest BCUT2D eigenvalue weighted by molar-refractivity contribution is 0.282. The first-order chi connectivity index (χ1) is 9.70. The summed E-state index contributed by atoms with van der Waals surface area (Å²) in [6.45, 7) is 3.06. The Morgan fingerprint density at radius 3 is 2.55 bits per heavy atom. The average molecular weight is 296 g/mol. The number of hydrogen-bond donors (Lipinski definition) is 1. The van der Waals surface area contributed by atoms with Crippen molar-refractivity contribution < 1.29 is 5.11 Å². The van der Waals surface area contributed by atoms with Gasteiger partial charge in [-0.05, 0) is 45.4 Å². The lowest BCUT2D eigenvalue weighted by Gasteiger charge is -2.39. The van der Waals surface area contributed by atoms with Gasteiger partial charge in [0.05, 0.1) is 0 Å². The van der Waals surface area contributed by atoms with E-state index in [1.807, 2.05) is 6.92 Å². The van der Waals surface area contributed by atoms with Crippen molar-refractivity contribution in [1.82, 2.24) is 9.97 Å². The highest BCUT2D eigenvalue weighted by Crippen LogP contribution is 2.40. The molecular formula is C15H22ClN3O. The Hall–Kier alpha value is -0.870. The molecule has 0 atom stereocenters. The molecule has 0 aromatic carbocycles. The topological polar surface area (TPSA) is 49.2 Å². The zero-order valence-corrected chi connectivity index (χ0v) is 12.7. The van der Waals surface area contributed by atoms with E-state index >= 15 is 0 Å². The molecule has 0 radical (unpaired) electrons. The van der Waals surface area contributed by atoms with Crippen LogP contribution in [0.1, 0.15) is 55.8 Å². The van der Waals surface area contributed by atoms with E-state index in [4.69, 9.17) is 21.7 Å². The van der Waals surface area contributed by atoms with Crippen molar-refractivity contribution in [3.05, 3.63) is 16.5 Å². The van der Waals surface area contributed by atoms with Crippen LogP contribution < -0.4 is 4.90 Å². The summed E-state index contributed by atoms with van der Waals surface area (Å²) in [5, 5.41) is 9.71. The van der Waals surface area contributed by atoms with Crippen molar-refractivity contribution in [3.8, 4) is 0 Å². The van der Waals surface area contributed by atoms with Crippen LogP contribution in [0, 0.1) is 6.92 Å². The molecule has 4 nitrogen and oxygen atoms in total. The Morgan fingerprint density at radius 1 is 1.25 bits per heavy atom. The Labute approximate surface area is 125 Å². The molecule has 1 aromatic rings. The second-order valence-electron chi connectivity index (χ2n) is 5.95. The lowest BCUT2D eigenvalue weighted by atomic mass is 9.91. The molecule has 0 aliphatic heterocycles. The van der Waals surface area contributed by atoms with Gasteiger partial charge < -0.3 is 10.0 Å². The average Bonchev–Trinajstić information content (AvgIpc) is 3.19. The third-order valence-electron chi connectivity index (χ3n) is 4.37. The summed E-state index contributed by atoms with van der Waals surface area (Å²) in [5.41, 5.74) is 0.973. The first-order valence-corrected chi connectivity index (χ1v) is 8.00. The van der Waals surface area contributed by atoms with Crippen molar-refractivity contribution in [3.63, 3.8) is 0 Å². The van der Waals surface area contributed by atoms with Crippen LogP contribution in [-0.4, -0.2) is 34.3 Å². The Balaban J connectivity index is 1.91. The number of rotatable bonds is 6. The maximum Gasteiger partial charge on any atom is 0.137 e. The first kappa shape index (κ1) is 14.1. The largest absolute Gasteiger partial charge is 0.396 e. The molecule has 0 saturated heterocycles. The highest BCUT2D eigenvalue weighted by atomic mass is 35.5. The zero-order chi connectivity index (χ0) is 14.1. The number of aliphatic hydroxyl groups excluding tert-OH is 1. The fourth-order valence-electron chi connectivity index (χ4n) is 2.70. The third kappa shape index (κ3) is 2.77. The fraction of sp³-hybridized carbons (Fsp3) is 0.733. The molecule has 2 aliphatic rings. The van der Waals surface area contributed by atoms with Crippen LogP contribution in [0.4, 0.5) is 5.82 Å². The summed E-state index contributed by atoms with van der Waals surface area (Å²) in [7, 11) is 0. The monoisotopic (exact) mass is 295 g/mol. The second-order valence-corrected chi connectivity index (χ2v) is 6.31. The number of aromatic nitrogens is 2. The summed E-state index contributed by atoms with van der Waals surface area (Å²) in [6.07, 6.45) is 6.85. The second kappa shape index (κ2) is 5.86. The van der Waals surface area contributed by atoms with E-state index in [0.29, 0.717) is 17.1 Å². The Bertz CT molecular complexity index is 486. The van der Waals surface area contributed by atoms with Gasteiger partial charge in [0.25, 0.3) is 0 Å². The molecule has 1 heterocycles. The van der Waals surface area contributed by atoms with Gasteiger partial charge in [-0.25, -0.2) is 9.97 Å². The molecule has 2 fully saturated rings. The van der Waals surface area contributed by atoms with Gasteiger partial charge in [-0.15, -0.1) is 0 Å². The molecule has 2 saturated carbocycles. The van der Waals surface area contributed by atoms with Gasteiger partial charge in [-0.3, -0.25) is 0 Å². The number of halogens is 1. The van der Waals surface area contributed by atoms with Gasteiger partial charge in [-0.2, -0.15) is 0 Å². The summed E-state index contributed by atoms with van der Waals surface area (Å²) in [6, 6.07) is 0.554. The minimum absolute atomic E-state index is 0.219. The molecule has 0 bridgehead atoms. The third-order valence-corrected chi connectivity index (χ3v) is 4.73. The van der Waals surface area contributed by atoms with E-state index in [-0.39, 0.29) is 6.61 Å². The highest BCUT2D eigenvalue weighted by molar-refractivity contribution is 6.30. The van der Waals surface area contributed by atoms with Gasteiger partial charge in [-0.1, -0.05) is 11.6 Å². The van der Waals surface area contributed by atoms with Crippen LogP contribution in [0.2, 0.25) is 5.15 Å². The van der Waals surface area contributed by atoms with Crippen LogP contribution in [0.25, 0.3) is 0 Å². The van der Waals surface area contributed by atoms with Gasteiger partial charge >= 0.3 is 0 Å². The van der Waals surface area contributed by atoms with E-state index in [2.05, 4.69) is 9.88 Å².